The van der Waals surface area contributed by atoms with Gasteiger partial charge in [0.25, 0.3) is 0 Å². The van der Waals surface area contributed by atoms with Crippen molar-refractivity contribution < 1.29 is 5.11 Å². The summed E-state index contributed by atoms with van der Waals surface area (Å²) in [5.41, 5.74) is 1.80. The van der Waals surface area contributed by atoms with Crippen LogP contribution in [0.2, 0.25) is 0 Å². The van der Waals surface area contributed by atoms with E-state index in [4.69, 9.17) is 0 Å². The van der Waals surface area contributed by atoms with Gasteiger partial charge in [-0.3, -0.25) is 0 Å². The summed E-state index contributed by atoms with van der Waals surface area (Å²) in [6.45, 7) is 5.76. The molecule has 2 aromatic rings. The molecule has 0 atom stereocenters. The minimum absolute atomic E-state index is 0.299. The summed E-state index contributed by atoms with van der Waals surface area (Å²) in [7, 11) is 0. The second kappa shape index (κ2) is 5.93. The Labute approximate surface area is 111 Å². The van der Waals surface area contributed by atoms with Crippen LogP contribution in [0.5, 0.6) is 5.75 Å². The third kappa shape index (κ3) is 2.86. The number of aromatic hydroxyl groups is 1. The average Bonchev–Trinajstić information content (AvgIpc) is 2.82. The number of nitrogens with zero attached hydrogens (tertiary/aromatic N) is 2. The van der Waals surface area contributed by atoms with E-state index in [1.807, 2.05) is 19.1 Å². The number of aromatic nitrogens is 2. The minimum Gasteiger partial charge on any atom is -0.508 e. The molecule has 0 radical (unpaired) electrons. The Balaban J connectivity index is 2.16. The molecular formula is C13H17N3OS. The van der Waals surface area contributed by atoms with Crippen LogP contribution in [0.25, 0.3) is 10.6 Å². The van der Waals surface area contributed by atoms with E-state index in [-0.39, 0.29) is 0 Å². The number of rotatable bonds is 5. The van der Waals surface area contributed by atoms with Crippen molar-refractivity contribution in [3.8, 4) is 16.3 Å². The summed E-state index contributed by atoms with van der Waals surface area (Å²) in [6, 6.07) is 5.47. The molecular weight excluding hydrogens is 246 g/mol. The van der Waals surface area contributed by atoms with Crippen LogP contribution in [-0.4, -0.2) is 21.8 Å². The summed E-state index contributed by atoms with van der Waals surface area (Å²) in [6.07, 6.45) is 1.11. The molecule has 2 N–H and O–H groups in total. The van der Waals surface area contributed by atoms with Gasteiger partial charge in [-0.1, -0.05) is 30.4 Å². The Hall–Kier alpha value is -1.46. The summed E-state index contributed by atoms with van der Waals surface area (Å²) in [4.78, 5) is 0. The van der Waals surface area contributed by atoms with Crippen molar-refractivity contribution in [3.63, 3.8) is 0 Å². The van der Waals surface area contributed by atoms with E-state index >= 15 is 0 Å². The molecule has 0 aliphatic carbocycles. The van der Waals surface area contributed by atoms with Crippen LogP contribution in [0.4, 0.5) is 0 Å². The smallest absolute Gasteiger partial charge is 0.148 e. The van der Waals surface area contributed by atoms with E-state index in [1.165, 1.54) is 0 Å². The van der Waals surface area contributed by atoms with Gasteiger partial charge in [0.05, 0.1) is 0 Å². The quantitative estimate of drug-likeness (QED) is 0.814. The van der Waals surface area contributed by atoms with Crippen LogP contribution >= 0.6 is 11.3 Å². The molecule has 96 valence electrons. The van der Waals surface area contributed by atoms with Gasteiger partial charge in [-0.25, -0.2) is 0 Å². The number of benzene rings is 1. The molecule has 0 saturated carbocycles. The van der Waals surface area contributed by atoms with Gasteiger partial charge in [-0.05, 0) is 26.0 Å². The Morgan fingerprint density at radius 1 is 1.33 bits per heavy atom. The fourth-order valence-corrected chi connectivity index (χ4v) is 2.55. The standard InChI is InChI=1S/C13H17N3OS/c1-3-7-14-8-12-15-16-13(18-12)10-5-4-6-11(17)9(10)2/h4-6,14,17H,3,7-8H2,1-2H3. The zero-order chi connectivity index (χ0) is 13.0. The van der Waals surface area contributed by atoms with E-state index in [2.05, 4.69) is 22.4 Å². The van der Waals surface area contributed by atoms with Gasteiger partial charge in [-0.2, -0.15) is 0 Å². The first-order valence-electron chi connectivity index (χ1n) is 6.04. The lowest BCUT2D eigenvalue weighted by Gasteiger charge is -2.02. The third-order valence-electron chi connectivity index (χ3n) is 2.71. The minimum atomic E-state index is 0.299. The molecule has 0 fully saturated rings. The number of hydrogen-bond donors (Lipinski definition) is 2. The van der Waals surface area contributed by atoms with Crippen molar-refractivity contribution in [3.05, 3.63) is 28.8 Å². The normalized spacial score (nSPS) is 10.8. The molecule has 0 saturated heterocycles. The fraction of sp³-hybridized carbons (Fsp3) is 0.385. The molecule has 0 bridgehead atoms. The van der Waals surface area contributed by atoms with Crippen molar-refractivity contribution in [1.82, 2.24) is 15.5 Å². The monoisotopic (exact) mass is 263 g/mol. The highest BCUT2D eigenvalue weighted by Gasteiger charge is 2.10. The van der Waals surface area contributed by atoms with Gasteiger partial charge < -0.3 is 10.4 Å². The zero-order valence-electron chi connectivity index (χ0n) is 10.6. The Morgan fingerprint density at radius 3 is 2.94 bits per heavy atom. The Kier molecular flexibility index (Phi) is 4.28. The Bertz CT molecular complexity index is 525. The number of phenolic OH excluding ortho intramolecular Hbond substituents is 1. The highest BCUT2D eigenvalue weighted by atomic mass is 32.1. The van der Waals surface area contributed by atoms with Crippen LogP contribution in [-0.2, 0) is 6.54 Å². The molecule has 0 aliphatic heterocycles. The van der Waals surface area contributed by atoms with Crippen LogP contribution in [0.15, 0.2) is 18.2 Å². The van der Waals surface area contributed by atoms with Crippen molar-refractivity contribution in [2.24, 2.45) is 0 Å². The maximum Gasteiger partial charge on any atom is 0.148 e. The third-order valence-corrected chi connectivity index (χ3v) is 3.66. The molecule has 4 nitrogen and oxygen atoms in total. The van der Waals surface area contributed by atoms with Crippen LogP contribution in [0.1, 0.15) is 23.9 Å². The van der Waals surface area contributed by atoms with Gasteiger partial charge in [0.15, 0.2) is 0 Å². The molecule has 0 spiro atoms. The van der Waals surface area contributed by atoms with Crippen LogP contribution < -0.4 is 5.32 Å². The van der Waals surface area contributed by atoms with Gasteiger partial charge in [0, 0.05) is 17.7 Å². The fourth-order valence-electron chi connectivity index (χ4n) is 1.66. The van der Waals surface area contributed by atoms with Gasteiger partial charge in [0.2, 0.25) is 0 Å². The Morgan fingerprint density at radius 2 is 2.17 bits per heavy atom. The van der Waals surface area contributed by atoms with E-state index in [9.17, 15) is 5.11 Å². The van der Waals surface area contributed by atoms with Gasteiger partial charge >= 0.3 is 0 Å². The van der Waals surface area contributed by atoms with E-state index < -0.39 is 0 Å². The van der Waals surface area contributed by atoms with Gasteiger partial charge in [0.1, 0.15) is 15.8 Å². The van der Waals surface area contributed by atoms with Crippen molar-refractivity contribution in [2.45, 2.75) is 26.8 Å². The highest BCUT2D eigenvalue weighted by molar-refractivity contribution is 7.14. The average molecular weight is 263 g/mol. The molecule has 0 amide bonds. The molecule has 1 aromatic heterocycles. The lowest BCUT2D eigenvalue weighted by molar-refractivity contribution is 0.471. The second-order valence-electron chi connectivity index (χ2n) is 4.13. The zero-order valence-corrected chi connectivity index (χ0v) is 11.4. The molecule has 0 aliphatic rings. The topological polar surface area (TPSA) is 58.0 Å². The summed E-state index contributed by atoms with van der Waals surface area (Å²) < 4.78 is 0. The largest absolute Gasteiger partial charge is 0.508 e. The van der Waals surface area contributed by atoms with Crippen LogP contribution in [0.3, 0.4) is 0 Å². The maximum atomic E-state index is 9.69. The molecule has 0 unspecified atom stereocenters. The molecule has 2 rings (SSSR count). The first-order valence-corrected chi connectivity index (χ1v) is 6.86. The second-order valence-corrected chi connectivity index (χ2v) is 5.19. The van der Waals surface area contributed by atoms with E-state index in [1.54, 1.807) is 17.4 Å². The summed E-state index contributed by atoms with van der Waals surface area (Å²) in [5.74, 6) is 0.299. The molecule has 1 heterocycles. The lowest BCUT2D eigenvalue weighted by atomic mass is 10.1. The first kappa shape index (κ1) is 13.0. The molecule has 5 heteroatoms. The number of phenols is 1. The molecule has 18 heavy (non-hydrogen) atoms. The van der Waals surface area contributed by atoms with Crippen molar-refractivity contribution in [2.75, 3.05) is 6.54 Å². The lowest BCUT2D eigenvalue weighted by Crippen LogP contribution is -2.13. The summed E-state index contributed by atoms with van der Waals surface area (Å²) >= 11 is 1.56. The van der Waals surface area contributed by atoms with Crippen LogP contribution in [0, 0.1) is 6.92 Å². The SMILES string of the molecule is CCCNCc1nnc(-c2cccc(O)c2C)s1. The van der Waals surface area contributed by atoms with E-state index in [0.717, 1.165) is 40.7 Å². The van der Waals surface area contributed by atoms with Gasteiger partial charge in [-0.15, -0.1) is 10.2 Å². The predicted molar refractivity (Wildman–Crippen MR) is 73.7 cm³/mol. The maximum absolute atomic E-state index is 9.69. The number of hydrogen-bond acceptors (Lipinski definition) is 5. The van der Waals surface area contributed by atoms with Crippen molar-refractivity contribution >= 4 is 11.3 Å². The highest BCUT2D eigenvalue weighted by Crippen LogP contribution is 2.30. The summed E-state index contributed by atoms with van der Waals surface area (Å²) in [5, 5.41) is 23.2. The molecule has 1 aromatic carbocycles. The first-order chi connectivity index (χ1) is 8.72. The number of nitrogens with one attached hydrogen (secondary N) is 1. The predicted octanol–water partition coefficient (Wildman–Crippen LogP) is 2.72. The van der Waals surface area contributed by atoms with E-state index in [0.29, 0.717) is 5.75 Å². The van der Waals surface area contributed by atoms with Crippen molar-refractivity contribution in [1.29, 1.82) is 0 Å².